The summed E-state index contributed by atoms with van der Waals surface area (Å²) in [5.41, 5.74) is 2.56. The first-order valence-corrected chi connectivity index (χ1v) is 6.36. The van der Waals surface area contributed by atoms with Gasteiger partial charge in [-0.15, -0.1) is 0 Å². The van der Waals surface area contributed by atoms with Gasteiger partial charge in [0.05, 0.1) is 11.8 Å². The van der Waals surface area contributed by atoms with Crippen molar-refractivity contribution in [1.82, 2.24) is 15.0 Å². The lowest BCUT2D eigenvalue weighted by molar-refractivity contribution is 0.470. The normalized spacial score (nSPS) is 11.0. The number of pyridine rings is 1. The lowest BCUT2D eigenvalue weighted by Gasteiger charge is -2.07. The SMILES string of the molecule is c1ccc(Oc2nc3ccccc3c3nc[nH]c23)cc1. The van der Waals surface area contributed by atoms with Crippen LogP contribution in [0.2, 0.25) is 0 Å². The predicted molar refractivity (Wildman–Crippen MR) is 77.9 cm³/mol. The molecule has 4 rings (SSSR count). The first-order valence-electron chi connectivity index (χ1n) is 6.36. The van der Waals surface area contributed by atoms with Crippen LogP contribution in [-0.2, 0) is 0 Å². The van der Waals surface area contributed by atoms with E-state index in [9.17, 15) is 0 Å². The number of ether oxygens (including phenoxy) is 1. The van der Waals surface area contributed by atoms with E-state index >= 15 is 0 Å². The number of H-pyrrole nitrogens is 1. The molecule has 0 radical (unpaired) electrons. The van der Waals surface area contributed by atoms with Crippen molar-refractivity contribution in [2.75, 3.05) is 0 Å². The minimum absolute atomic E-state index is 0.544. The average Bonchev–Trinajstić information content (AvgIpc) is 2.98. The van der Waals surface area contributed by atoms with E-state index in [4.69, 9.17) is 4.74 Å². The van der Waals surface area contributed by atoms with Crippen molar-refractivity contribution in [1.29, 1.82) is 0 Å². The number of aromatic nitrogens is 3. The zero-order valence-electron chi connectivity index (χ0n) is 10.6. The number of fused-ring (bicyclic) bond motifs is 3. The van der Waals surface area contributed by atoms with Gasteiger partial charge in [0, 0.05) is 5.39 Å². The van der Waals surface area contributed by atoms with Crippen molar-refractivity contribution in [3.63, 3.8) is 0 Å². The number of hydrogen-bond acceptors (Lipinski definition) is 3. The van der Waals surface area contributed by atoms with Gasteiger partial charge < -0.3 is 9.72 Å². The number of hydrogen-bond donors (Lipinski definition) is 1. The second-order valence-corrected chi connectivity index (χ2v) is 4.48. The summed E-state index contributed by atoms with van der Waals surface area (Å²) < 4.78 is 5.88. The third-order valence-electron chi connectivity index (χ3n) is 3.19. The molecule has 1 N–H and O–H groups in total. The number of rotatable bonds is 2. The van der Waals surface area contributed by atoms with E-state index < -0.39 is 0 Å². The van der Waals surface area contributed by atoms with E-state index in [-0.39, 0.29) is 0 Å². The topological polar surface area (TPSA) is 50.8 Å². The van der Waals surface area contributed by atoms with Gasteiger partial charge in [-0.05, 0) is 18.2 Å². The fourth-order valence-electron chi connectivity index (χ4n) is 2.27. The van der Waals surface area contributed by atoms with E-state index in [0.717, 1.165) is 27.7 Å². The molecule has 4 heteroatoms. The Kier molecular flexibility index (Phi) is 2.39. The van der Waals surface area contributed by atoms with Crippen LogP contribution in [0.4, 0.5) is 0 Å². The molecule has 0 fully saturated rings. The summed E-state index contributed by atoms with van der Waals surface area (Å²) in [4.78, 5) is 12.1. The second kappa shape index (κ2) is 4.35. The Balaban J connectivity index is 1.95. The monoisotopic (exact) mass is 261 g/mol. The second-order valence-electron chi connectivity index (χ2n) is 4.48. The molecule has 0 saturated carbocycles. The highest BCUT2D eigenvalue weighted by Crippen LogP contribution is 2.30. The van der Waals surface area contributed by atoms with E-state index in [1.165, 1.54) is 0 Å². The molecule has 2 aromatic carbocycles. The molecule has 2 heterocycles. The van der Waals surface area contributed by atoms with Gasteiger partial charge in [0.15, 0.2) is 0 Å². The van der Waals surface area contributed by atoms with Crippen LogP contribution in [0.25, 0.3) is 21.9 Å². The fourth-order valence-corrected chi connectivity index (χ4v) is 2.27. The Bertz CT molecular complexity index is 884. The van der Waals surface area contributed by atoms with Crippen LogP contribution in [0.5, 0.6) is 11.6 Å². The molecule has 0 atom stereocenters. The van der Waals surface area contributed by atoms with Crippen LogP contribution >= 0.6 is 0 Å². The van der Waals surface area contributed by atoms with Crippen LogP contribution in [-0.4, -0.2) is 15.0 Å². The van der Waals surface area contributed by atoms with Crippen LogP contribution in [0.3, 0.4) is 0 Å². The summed E-state index contributed by atoms with van der Waals surface area (Å²) in [6, 6.07) is 17.5. The fraction of sp³-hybridized carbons (Fsp3) is 0. The van der Waals surface area contributed by atoms with Gasteiger partial charge >= 0.3 is 0 Å². The summed E-state index contributed by atoms with van der Waals surface area (Å²) >= 11 is 0. The van der Waals surface area contributed by atoms with Crippen molar-refractivity contribution >= 4 is 21.9 Å². The van der Waals surface area contributed by atoms with Crippen molar-refractivity contribution in [3.05, 3.63) is 60.9 Å². The Morgan fingerprint density at radius 3 is 2.60 bits per heavy atom. The maximum Gasteiger partial charge on any atom is 0.246 e. The van der Waals surface area contributed by atoms with Gasteiger partial charge in [-0.25, -0.2) is 9.97 Å². The molecule has 96 valence electrons. The van der Waals surface area contributed by atoms with Crippen molar-refractivity contribution in [3.8, 4) is 11.6 Å². The zero-order chi connectivity index (χ0) is 13.4. The summed E-state index contributed by atoms with van der Waals surface area (Å²) in [5, 5.41) is 1.02. The summed E-state index contributed by atoms with van der Waals surface area (Å²) in [7, 11) is 0. The third kappa shape index (κ3) is 1.70. The van der Waals surface area contributed by atoms with Gasteiger partial charge in [-0.1, -0.05) is 36.4 Å². The maximum atomic E-state index is 5.88. The van der Waals surface area contributed by atoms with Crippen molar-refractivity contribution in [2.24, 2.45) is 0 Å². The smallest absolute Gasteiger partial charge is 0.246 e. The first-order chi connectivity index (χ1) is 9.92. The molecule has 0 amide bonds. The van der Waals surface area contributed by atoms with Gasteiger partial charge in [-0.2, -0.15) is 0 Å². The Hall–Kier alpha value is -2.88. The molecule has 0 saturated heterocycles. The van der Waals surface area contributed by atoms with Gasteiger partial charge in [-0.3, -0.25) is 0 Å². The van der Waals surface area contributed by atoms with E-state index in [1.807, 2.05) is 54.6 Å². The van der Waals surface area contributed by atoms with Crippen molar-refractivity contribution in [2.45, 2.75) is 0 Å². The number of aromatic amines is 1. The van der Waals surface area contributed by atoms with E-state index in [2.05, 4.69) is 15.0 Å². The van der Waals surface area contributed by atoms with Gasteiger partial charge in [0.1, 0.15) is 16.8 Å². The van der Waals surface area contributed by atoms with E-state index in [1.54, 1.807) is 6.33 Å². The molecule has 4 aromatic rings. The van der Waals surface area contributed by atoms with Gasteiger partial charge in [0.25, 0.3) is 0 Å². The van der Waals surface area contributed by atoms with Crippen LogP contribution in [0.1, 0.15) is 0 Å². The molecular weight excluding hydrogens is 250 g/mol. The highest BCUT2D eigenvalue weighted by molar-refractivity contribution is 6.03. The van der Waals surface area contributed by atoms with Crippen molar-refractivity contribution < 1.29 is 4.74 Å². The number of para-hydroxylation sites is 2. The van der Waals surface area contributed by atoms with Crippen LogP contribution in [0.15, 0.2) is 60.9 Å². The lowest BCUT2D eigenvalue weighted by Crippen LogP contribution is -1.91. The Morgan fingerprint density at radius 1 is 0.900 bits per heavy atom. The number of benzene rings is 2. The molecule has 2 aromatic heterocycles. The first kappa shape index (κ1) is 11.0. The van der Waals surface area contributed by atoms with Crippen LogP contribution < -0.4 is 4.74 Å². The lowest BCUT2D eigenvalue weighted by atomic mass is 10.2. The minimum atomic E-state index is 0.544. The standard InChI is InChI=1S/C16H11N3O/c1-2-6-11(7-3-1)20-16-15-14(17-10-18-15)12-8-4-5-9-13(12)19-16/h1-10H,(H,17,18). The molecule has 0 aliphatic carbocycles. The molecule has 4 nitrogen and oxygen atoms in total. The highest BCUT2D eigenvalue weighted by Gasteiger charge is 2.11. The number of imidazole rings is 1. The molecular formula is C16H11N3O. The third-order valence-corrected chi connectivity index (χ3v) is 3.19. The summed E-state index contributed by atoms with van der Waals surface area (Å²) in [5.74, 6) is 1.30. The number of nitrogens with one attached hydrogen (secondary N) is 1. The predicted octanol–water partition coefficient (Wildman–Crippen LogP) is 3.90. The average molecular weight is 261 g/mol. The number of nitrogens with zero attached hydrogens (tertiary/aromatic N) is 2. The largest absolute Gasteiger partial charge is 0.437 e. The quantitative estimate of drug-likeness (QED) is 0.595. The molecule has 0 aliphatic heterocycles. The molecule has 20 heavy (non-hydrogen) atoms. The maximum absolute atomic E-state index is 5.88. The Morgan fingerprint density at radius 2 is 1.70 bits per heavy atom. The summed E-state index contributed by atoms with van der Waals surface area (Å²) in [6.45, 7) is 0. The summed E-state index contributed by atoms with van der Waals surface area (Å²) in [6.07, 6.45) is 1.66. The minimum Gasteiger partial charge on any atom is -0.437 e. The van der Waals surface area contributed by atoms with Gasteiger partial charge in [0.2, 0.25) is 5.88 Å². The van der Waals surface area contributed by atoms with E-state index in [0.29, 0.717) is 5.88 Å². The molecule has 0 unspecified atom stereocenters. The molecule has 0 spiro atoms. The Labute approximate surface area is 115 Å². The highest BCUT2D eigenvalue weighted by atomic mass is 16.5. The zero-order valence-corrected chi connectivity index (χ0v) is 10.6. The molecule has 0 bridgehead atoms. The van der Waals surface area contributed by atoms with Crippen LogP contribution in [0, 0.1) is 0 Å². The molecule has 0 aliphatic rings.